The highest BCUT2D eigenvalue weighted by atomic mass is 16.2. The molecule has 0 aromatic heterocycles. The Morgan fingerprint density at radius 1 is 1.43 bits per heavy atom. The molecule has 84 valence electrons. The average molecular weight is 200 g/mol. The smallest absolute Gasteiger partial charge is 0.239 e. The molecule has 0 radical (unpaired) electrons. The second kappa shape index (κ2) is 5.35. The molecule has 14 heavy (non-hydrogen) atoms. The van der Waals surface area contributed by atoms with Crippen molar-refractivity contribution in [1.29, 1.82) is 0 Å². The van der Waals surface area contributed by atoms with Crippen LogP contribution >= 0.6 is 0 Å². The molecule has 0 bridgehead atoms. The van der Waals surface area contributed by atoms with Crippen LogP contribution in [-0.4, -0.2) is 29.4 Å². The van der Waals surface area contributed by atoms with Gasteiger partial charge in [0.1, 0.15) is 0 Å². The maximum atomic E-state index is 11.8. The van der Waals surface area contributed by atoms with Crippen LogP contribution < -0.4 is 5.73 Å². The fourth-order valence-electron chi connectivity index (χ4n) is 1.22. The monoisotopic (exact) mass is 200 g/mol. The molecule has 3 heteroatoms. The lowest BCUT2D eigenvalue weighted by atomic mass is 9.98. The Bertz CT molecular complexity index is 190. The Kier molecular flexibility index (Phi) is 5.13. The lowest BCUT2D eigenvalue weighted by Crippen LogP contribution is -2.51. The minimum absolute atomic E-state index is 0.0544. The molecule has 0 aliphatic rings. The highest BCUT2D eigenvalue weighted by Gasteiger charge is 2.28. The third kappa shape index (κ3) is 3.29. The van der Waals surface area contributed by atoms with E-state index in [4.69, 9.17) is 5.73 Å². The van der Waals surface area contributed by atoms with Crippen molar-refractivity contribution in [3.8, 4) is 0 Å². The zero-order valence-electron chi connectivity index (χ0n) is 10.1. The number of carbonyl (C=O) groups excluding carboxylic acids is 1. The molecular formula is C11H24N2O. The van der Waals surface area contributed by atoms with E-state index in [-0.39, 0.29) is 17.5 Å². The maximum Gasteiger partial charge on any atom is 0.239 e. The molecule has 1 atom stereocenters. The second-order valence-electron chi connectivity index (χ2n) is 4.46. The van der Waals surface area contributed by atoms with Gasteiger partial charge < -0.3 is 10.6 Å². The second-order valence-corrected chi connectivity index (χ2v) is 4.46. The highest BCUT2D eigenvalue weighted by molar-refractivity contribution is 5.82. The van der Waals surface area contributed by atoms with Crippen molar-refractivity contribution in [3.63, 3.8) is 0 Å². The number of nitrogens with two attached hydrogens (primary N) is 1. The van der Waals surface area contributed by atoms with Crippen LogP contribution in [0.4, 0.5) is 0 Å². The summed E-state index contributed by atoms with van der Waals surface area (Å²) < 4.78 is 0. The molecule has 3 nitrogen and oxygen atoms in total. The standard InChI is InChI=1S/C11H24N2O/c1-6-8-9(12)10(14)13(5)11(3,4)7-2/h9H,6-8,12H2,1-5H3. The summed E-state index contributed by atoms with van der Waals surface area (Å²) >= 11 is 0. The van der Waals surface area contributed by atoms with Gasteiger partial charge in [-0.15, -0.1) is 0 Å². The quantitative estimate of drug-likeness (QED) is 0.735. The van der Waals surface area contributed by atoms with E-state index in [2.05, 4.69) is 20.8 Å². The molecule has 0 rings (SSSR count). The minimum Gasteiger partial charge on any atom is -0.339 e. The normalized spacial score (nSPS) is 13.9. The first kappa shape index (κ1) is 13.4. The van der Waals surface area contributed by atoms with Crippen LogP contribution in [0.3, 0.4) is 0 Å². The Hall–Kier alpha value is -0.570. The van der Waals surface area contributed by atoms with Crippen molar-refractivity contribution >= 4 is 5.91 Å². The fraction of sp³-hybridized carbons (Fsp3) is 0.909. The van der Waals surface area contributed by atoms with Crippen molar-refractivity contribution in [1.82, 2.24) is 4.90 Å². The van der Waals surface area contributed by atoms with Crippen LogP contribution in [0.25, 0.3) is 0 Å². The van der Waals surface area contributed by atoms with Crippen molar-refractivity contribution in [3.05, 3.63) is 0 Å². The summed E-state index contributed by atoms with van der Waals surface area (Å²) in [6.07, 6.45) is 2.66. The SMILES string of the molecule is CCCC(N)C(=O)N(C)C(C)(C)CC. The summed E-state index contributed by atoms with van der Waals surface area (Å²) in [5.74, 6) is 0.0544. The number of hydrogen-bond acceptors (Lipinski definition) is 2. The first-order valence-electron chi connectivity index (χ1n) is 5.40. The third-order valence-electron chi connectivity index (χ3n) is 3.02. The van der Waals surface area contributed by atoms with Gasteiger partial charge >= 0.3 is 0 Å². The summed E-state index contributed by atoms with van der Waals surface area (Å²) in [5, 5.41) is 0. The van der Waals surface area contributed by atoms with Gasteiger partial charge in [0.15, 0.2) is 0 Å². The largest absolute Gasteiger partial charge is 0.339 e. The molecule has 0 fully saturated rings. The van der Waals surface area contributed by atoms with E-state index in [1.54, 1.807) is 4.90 Å². The number of nitrogens with zero attached hydrogens (tertiary/aromatic N) is 1. The summed E-state index contributed by atoms with van der Waals surface area (Å²) in [4.78, 5) is 13.6. The fourth-order valence-corrected chi connectivity index (χ4v) is 1.22. The van der Waals surface area contributed by atoms with Crippen LogP contribution in [0.1, 0.15) is 47.0 Å². The van der Waals surface area contributed by atoms with Gasteiger partial charge in [-0.05, 0) is 26.7 Å². The molecule has 0 aliphatic carbocycles. The predicted molar refractivity (Wildman–Crippen MR) is 60.0 cm³/mol. The lowest BCUT2D eigenvalue weighted by molar-refractivity contribution is -0.136. The third-order valence-corrected chi connectivity index (χ3v) is 3.02. The molecule has 0 saturated heterocycles. The molecule has 0 aromatic carbocycles. The zero-order valence-corrected chi connectivity index (χ0v) is 10.1. The van der Waals surface area contributed by atoms with Crippen LogP contribution in [0, 0.1) is 0 Å². The van der Waals surface area contributed by atoms with Gasteiger partial charge in [0.2, 0.25) is 5.91 Å². The topological polar surface area (TPSA) is 46.3 Å². The molecule has 1 amide bonds. The summed E-state index contributed by atoms with van der Waals surface area (Å²) in [5.41, 5.74) is 5.69. The Morgan fingerprint density at radius 2 is 1.93 bits per heavy atom. The summed E-state index contributed by atoms with van der Waals surface area (Å²) in [7, 11) is 1.83. The Balaban J connectivity index is 4.38. The number of rotatable bonds is 5. The van der Waals surface area contributed by atoms with Gasteiger partial charge in [0, 0.05) is 12.6 Å². The lowest BCUT2D eigenvalue weighted by Gasteiger charge is -2.36. The first-order valence-corrected chi connectivity index (χ1v) is 5.40. The van der Waals surface area contributed by atoms with Gasteiger partial charge in [-0.3, -0.25) is 4.79 Å². The van der Waals surface area contributed by atoms with E-state index in [0.717, 1.165) is 19.3 Å². The summed E-state index contributed by atoms with van der Waals surface area (Å²) in [6.45, 7) is 8.24. The number of carbonyl (C=O) groups is 1. The van der Waals surface area contributed by atoms with Crippen molar-refractivity contribution < 1.29 is 4.79 Å². The van der Waals surface area contributed by atoms with Crippen molar-refractivity contribution in [2.45, 2.75) is 58.5 Å². The first-order chi connectivity index (χ1) is 6.36. The minimum atomic E-state index is -0.337. The molecule has 0 saturated carbocycles. The van der Waals surface area contributed by atoms with Crippen LogP contribution in [0.5, 0.6) is 0 Å². The Morgan fingerprint density at radius 3 is 2.29 bits per heavy atom. The highest BCUT2D eigenvalue weighted by Crippen LogP contribution is 2.17. The van der Waals surface area contributed by atoms with E-state index < -0.39 is 0 Å². The van der Waals surface area contributed by atoms with Gasteiger partial charge in [-0.25, -0.2) is 0 Å². The van der Waals surface area contributed by atoms with E-state index in [0.29, 0.717) is 0 Å². The van der Waals surface area contributed by atoms with E-state index in [1.807, 2.05) is 14.0 Å². The van der Waals surface area contributed by atoms with E-state index in [9.17, 15) is 4.79 Å². The van der Waals surface area contributed by atoms with Crippen molar-refractivity contribution in [2.75, 3.05) is 7.05 Å². The zero-order chi connectivity index (χ0) is 11.4. The molecule has 2 N–H and O–H groups in total. The van der Waals surface area contributed by atoms with Gasteiger partial charge in [0.05, 0.1) is 6.04 Å². The van der Waals surface area contributed by atoms with Crippen LogP contribution in [0.2, 0.25) is 0 Å². The predicted octanol–water partition coefficient (Wildman–Crippen LogP) is 1.76. The molecule has 0 aliphatic heterocycles. The molecule has 1 unspecified atom stereocenters. The maximum absolute atomic E-state index is 11.8. The van der Waals surface area contributed by atoms with Gasteiger partial charge in [-0.2, -0.15) is 0 Å². The average Bonchev–Trinajstić information content (AvgIpc) is 2.15. The summed E-state index contributed by atoms with van der Waals surface area (Å²) in [6, 6.07) is -0.337. The number of amides is 1. The van der Waals surface area contributed by atoms with Crippen LogP contribution in [-0.2, 0) is 4.79 Å². The van der Waals surface area contributed by atoms with Crippen molar-refractivity contribution in [2.24, 2.45) is 5.73 Å². The number of likely N-dealkylation sites (N-methyl/N-ethyl adjacent to an activating group) is 1. The number of hydrogen-bond donors (Lipinski definition) is 1. The molecule has 0 spiro atoms. The van der Waals surface area contributed by atoms with Gasteiger partial charge in [-0.1, -0.05) is 20.3 Å². The van der Waals surface area contributed by atoms with E-state index in [1.165, 1.54) is 0 Å². The Labute approximate surface area is 87.6 Å². The molecule has 0 aromatic rings. The molecule has 0 heterocycles. The van der Waals surface area contributed by atoms with Gasteiger partial charge in [0.25, 0.3) is 0 Å². The molecular weight excluding hydrogens is 176 g/mol. The van der Waals surface area contributed by atoms with E-state index >= 15 is 0 Å². The van der Waals surface area contributed by atoms with Crippen LogP contribution in [0.15, 0.2) is 0 Å².